The molecule has 4 N–H and O–H groups in total. The first-order valence-electron chi connectivity index (χ1n) is 14.4. The van der Waals surface area contributed by atoms with Crippen LogP contribution < -0.4 is 16.0 Å². The molecule has 0 aromatic heterocycles. The molecular formula is C29H48ClN5O3. The third kappa shape index (κ3) is 8.75. The first-order valence-corrected chi connectivity index (χ1v) is 14.7. The van der Waals surface area contributed by atoms with Crippen molar-refractivity contribution in [3.63, 3.8) is 0 Å². The number of amides is 4. The average molecular weight is 550 g/mol. The van der Waals surface area contributed by atoms with E-state index in [4.69, 9.17) is 11.6 Å². The smallest absolute Gasteiger partial charge is 0.317 e. The second-order valence-corrected chi connectivity index (χ2v) is 11.8. The molecule has 0 radical (unpaired) electrons. The fourth-order valence-corrected chi connectivity index (χ4v) is 6.33. The number of nitrogens with one attached hydrogen (secondary N) is 3. The number of aliphatic hydroxyl groups is 1. The van der Waals surface area contributed by atoms with Crippen molar-refractivity contribution < 1.29 is 14.7 Å². The molecule has 1 aromatic carbocycles. The number of benzene rings is 1. The number of hydrogen-bond acceptors (Lipinski definition) is 4. The van der Waals surface area contributed by atoms with E-state index in [1.807, 2.05) is 30.1 Å². The number of halogens is 1. The Balaban J connectivity index is 1.68. The van der Waals surface area contributed by atoms with E-state index in [0.717, 1.165) is 31.4 Å². The van der Waals surface area contributed by atoms with Gasteiger partial charge in [-0.25, -0.2) is 9.59 Å². The third-order valence-corrected chi connectivity index (χ3v) is 8.48. The summed E-state index contributed by atoms with van der Waals surface area (Å²) in [6.45, 7) is 2.38. The Kier molecular flexibility index (Phi) is 12.0. The Hall–Kier alpha value is -2.03. The van der Waals surface area contributed by atoms with E-state index in [1.54, 1.807) is 20.2 Å². The summed E-state index contributed by atoms with van der Waals surface area (Å²) in [5, 5.41) is 22.1. The Bertz CT molecular complexity index is 895. The monoisotopic (exact) mass is 549 g/mol. The third-order valence-electron chi connectivity index (χ3n) is 8.25. The standard InChI is InChI=1S/C29H48ClN5O3/c1-31-20-26(18-22-10-5-4-6-11-22)33-28(37)35-17-8-13-24(21-35)29(38,23-12-7-14-25(30)19-23)15-9-16-32-27(36)34(2)3/h7,12,14,19,22,24,26,31,38H,4-6,8-11,13,15-18,20-21H2,1-3H3,(H,32,36)(H,33,37)/t24?,26?,29-/m1/s1. The normalized spacial score (nSPS) is 20.9. The minimum atomic E-state index is -1.15. The minimum Gasteiger partial charge on any atom is -0.385 e. The van der Waals surface area contributed by atoms with Gasteiger partial charge in [-0.3, -0.25) is 0 Å². The molecule has 9 heteroatoms. The van der Waals surface area contributed by atoms with Gasteiger partial charge < -0.3 is 30.9 Å². The van der Waals surface area contributed by atoms with Crippen LogP contribution in [0.5, 0.6) is 0 Å². The van der Waals surface area contributed by atoms with Gasteiger partial charge in [0.05, 0.1) is 5.60 Å². The lowest BCUT2D eigenvalue weighted by Gasteiger charge is -2.43. The van der Waals surface area contributed by atoms with Crippen molar-refractivity contribution in [1.29, 1.82) is 0 Å². The summed E-state index contributed by atoms with van der Waals surface area (Å²) >= 11 is 6.32. The van der Waals surface area contributed by atoms with Gasteiger partial charge in [-0.1, -0.05) is 55.8 Å². The lowest BCUT2D eigenvalue weighted by Crippen LogP contribution is -2.54. The highest BCUT2D eigenvalue weighted by Crippen LogP contribution is 2.40. The maximum absolute atomic E-state index is 13.4. The largest absolute Gasteiger partial charge is 0.385 e. The fourth-order valence-electron chi connectivity index (χ4n) is 6.14. The van der Waals surface area contributed by atoms with Crippen LogP contribution in [0, 0.1) is 11.8 Å². The molecule has 4 amide bonds. The fraction of sp³-hybridized carbons (Fsp3) is 0.724. The number of rotatable bonds is 11. The highest BCUT2D eigenvalue weighted by atomic mass is 35.5. The minimum absolute atomic E-state index is 0.0440. The van der Waals surface area contributed by atoms with Crippen LogP contribution in [0.25, 0.3) is 0 Å². The molecule has 1 saturated heterocycles. The number of nitrogens with zero attached hydrogens (tertiary/aromatic N) is 2. The summed E-state index contributed by atoms with van der Waals surface area (Å²) in [6.07, 6.45) is 10.1. The molecule has 2 unspecified atom stereocenters. The Morgan fingerprint density at radius 2 is 1.95 bits per heavy atom. The molecule has 0 bridgehead atoms. The molecule has 2 fully saturated rings. The van der Waals surface area contributed by atoms with Crippen LogP contribution in [-0.2, 0) is 5.60 Å². The summed E-state index contributed by atoms with van der Waals surface area (Å²) in [5.74, 6) is 0.545. The molecule has 0 spiro atoms. The van der Waals surface area contributed by atoms with Crippen molar-refractivity contribution in [3.05, 3.63) is 34.9 Å². The van der Waals surface area contributed by atoms with Crippen molar-refractivity contribution in [2.24, 2.45) is 11.8 Å². The topological polar surface area (TPSA) is 96.9 Å². The van der Waals surface area contributed by atoms with Gasteiger partial charge in [0.1, 0.15) is 0 Å². The molecule has 8 nitrogen and oxygen atoms in total. The number of likely N-dealkylation sites (N-methyl/N-ethyl adjacent to an activating group) is 1. The number of carbonyl (C=O) groups is 2. The van der Waals surface area contributed by atoms with Gasteiger partial charge in [0, 0.05) is 57.3 Å². The van der Waals surface area contributed by atoms with Crippen LogP contribution in [0.1, 0.15) is 69.8 Å². The van der Waals surface area contributed by atoms with Crippen molar-refractivity contribution in [2.75, 3.05) is 47.3 Å². The van der Waals surface area contributed by atoms with Gasteiger partial charge in [0.15, 0.2) is 0 Å². The molecule has 1 aliphatic heterocycles. The second-order valence-electron chi connectivity index (χ2n) is 11.4. The van der Waals surface area contributed by atoms with Crippen LogP contribution in [0.2, 0.25) is 5.02 Å². The second kappa shape index (κ2) is 14.9. The summed E-state index contributed by atoms with van der Waals surface area (Å²) in [5.41, 5.74) is -0.388. The molecule has 2 aliphatic rings. The summed E-state index contributed by atoms with van der Waals surface area (Å²) < 4.78 is 0. The summed E-state index contributed by atoms with van der Waals surface area (Å²) in [6, 6.07) is 7.30. The van der Waals surface area contributed by atoms with E-state index < -0.39 is 5.60 Å². The van der Waals surface area contributed by atoms with Crippen molar-refractivity contribution >= 4 is 23.7 Å². The first kappa shape index (κ1) is 30.5. The lowest BCUT2D eigenvalue weighted by atomic mass is 9.74. The molecule has 1 aliphatic carbocycles. The number of hydrogen-bond donors (Lipinski definition) is 4. The molecule has 38 heavy (non-hydrogen) atoms. The van der Waals surface area contributed by atoms with Crippen LogP contribution in [-0.4, -0.2) is 80.3 Å². The van der Waals surface area contributed by atoms with Gasteiger partial charge in [-0.05, 0) is 62.8 Å². The SMILES string of the molecule is CNCC(CC1CCCCC1)NC(=O)N1CCCC([C@@](O)(CCCNC(=O)N(C)C)c2cccc(Cl)c2)C1. The van der Waals surface area contributed by atoms with Crippen molar-refractivity contribution in [2.45, 2.75) is 75.9 Å². The van der Waals surface area contributed by atoms with E-state index in [-0.39, 0.29) is 24.0 Å². The van der Waals surface area contributed by atoms with Crippen LogP contribution in [0.3, 0.4) is 0 Å². The van der Waals surface area contributed by atoms with E-state index in [0.29, 0.717) is 43.4 Å². The quantitative estimate of drug-likeness (QED) is 0.304. The molecule has 1 saturated carbocycles. The van der Waals surface area contributed by atoms with Crippen LogP contribution >= 0.6 is 11.6 Å². The highest BCUT2D eigenvalue weighted by Gasteiger charge is 2.41. The van der Waals surface area contributed by atoms with E-state index >= 15 is 0 Å². The maximum atomic E-state index is 13.4. The van der Waals surface area contributed by atoms with Crippen LogP contribution in [0.15, 0.2) is 24.3 Å². The van der Waals surface area contributed by atoms with Gasteiger partial charge >= 0.3 is 12.1 Å². The highest BCUT2D eigenvalue weighted by molar-refractivity contribution is 6.30. The predicted octanol–water partition coefficient (Wildman–Crippen LogP) is 4.56. The summed E-state index contributed by atoms with van der Waals surface area (Å²) in [7, 11) is 5.34. The van der Waals surface area contributed by atoms with Gasteiger partial charge in [0.2, 0.25) is 0 Å². The molecule has 214 valence electrons. The van der Waals surface area contributed by atoms with E-state index in [1.165, 1.54) is 37.0 Å². The molecule has 1 heterocycles. The molecule has 3 atom stereocenters. The molecule has 3 rings (SSSR count). The Morgan fingerprint density at radius 1 is 1.18 bits per heavy atom. The average Bonchev–Trinajstić information content (AvgIpc) is 2.91. The number of carbonyl (C=O) groups excluding carboxylic acids is 2. The van der Waals surface area contributed by atoms with Crippen molar-refractivity contribution in [3.8, 4) is 0 Å². The van der Waals surface area contributed by atoms with Gasteiger partial charge in [0.25, 0.3) is 0 Å². The van der Waals surface area contributed by atoms with E-state index in [9.17, 15) is 14.7 Å². The number of urea groups is 2. The zero-order valence-corrected chi connectivity index (χ0v) is 24.2. The van der Waals surface area contributed by atoms with Crippen molar-refractivity contribution in [1.82, 2.24) is 25.8 Å². The Morgan fingerprint density at radius 3 is 2.63 bits per heavy atom. The zero-order valence-electron chi connectivity index (χ0n) is 23.5. The predicted molar refractivity (Wildman–Crippen MR) is 153 cm³/mol. The van der Waals surface area contributed by atoms with Gasteiger partial charge in [-0.15, -0.1) is 0 Å². The van der Waals surface area contributed by atoms with Gasteiger partial charge in [-0.2, -0.15) is 0 Å². The Labute approximate surface area is 233 Å². The molecule has 1 aromatic rings. The first-order chi connectivity index (χ1) is 18.2. The molecular weight excluding hydrogens is 502 g/mol. The summed E-state index contributed by atoms with van der Waals surface area (Å²) in [4.78, 5) is 28.7. The van der Waals surface area contributed by atoms with Crippen LogP contribution in [0.4, 0.5) is 9.59 Å². The number of likely N-dealkylation sites (tertiary alicyclic amines) is 1. The maximum Gasteiger partial charge on any atom is 0.317 e. The zero-order chi connectivity index (χ0) is 27.5. The number of piperidine rings is 1. The lowest BCUT2D eigenvalue weighted by molar-refractivity contribution is -0.0552. The van der Waals surface area contributed by atoms with E-state index in [2.05, 4.69) is 16.0 Å².